The second kappa shape index (κ2) is 6.95. The molecule has 4 aromatic rings. The molecule has 0 saturated carbocycles. The minimum atomic E-state index is -0.154. The van der Waals surface area contributed by atoms with E-state index in [9.17, 15) is 4.79 Å². The van der Waals surface area contributed by atoms with E-state index >= 15 is 0 Å². The number of benzene rings is 2. The molecular formula is C20H19N5O2. The highest BCUT2D eigenvalue weighted by Crippen LogP contribution is 2.23. The van der Waals surface area contributed by atoms with Crippen molar-refractivity contribution in [3.05, 3.63) is 72.2 Å². The number of fused-ring (bicyclic) bond motifs is 1. The zero-order chi connectivity index (χ0) is 18.8. The average molecular weight is 361 g/mol. The van der Waals surface area contributed by atoms with E-state index in [1.807, 2.05) is 54.7 Å². The van der Waals surface area contributed by atoms with Gasteiger partial charge in [0.15, 0.2) is 5.69 Å². The molecule has 0 spiro atoms. The fourth-order valence-electron chi connectivity index (χ4n) is 3.03. The standard InChI is InChI=1S/C20H19N5O2/c1-24(13-14-5-3-6-15(11-14)25-10-4-9-21-25)20(26)19-17-12-16(27-2)7-8-18(17)22-23-19/h3-12H,13H2,1-2H3,(H,22,23). The van der Waals surface area contributed by atoms with Crippen LogP contribution in [-0.4, -0.2) is 44.9 Å². The maximum Gasteiger partial charge on any atom is 0.275 e. The normalized spacial score (nSPS) is 10.9. The third-order valence-electron chi connectivity index (χ3n) is 4.42. The molecule has 2 aromatic heterocycles. The summed E-state index contributed by atoms with van der Waals surface area (Å²) < 4.78 is 7.05. The Labute approximate surface area is 156 Å². The fraction of sp³-hybridized carbons (Fsp3) is 0.150. The molecule has 0 radical (unpaired) electrons. The van der Waals surface area contributed by atoms with Crippen LogP contribution in [-0.2, 0) is 6.54 Å². The molecule has 4 rings (SSSR count). The van der Waals surface area contributed by atoms with Gasteiger partial charge in [-0.25, -0.2) is 4.68 Å². The van der Waals surface area contributed by atoms with Crippen LogP contribution in [0.1, 0.15) is 16.1 Å². The number of H-pyrrole nitrogens is 1. The molecule has 0 saturated heterocycles. The van der Waals surface area contributed by atoms with Crippen LogP contribution in [0.25, 0.3) is 16.6 Å². The monoisotopic (exact) mass is 361 g/mol. The molecule has 1 amide bonds. The number of aromatic amines is 1. The van der Waals surface area contributed by atoms with Crippen molar-refractivity contribution in [1.82, 2.24) is 24.9 Å². The van der Waals surface area contributed by atoms with Gasteiger partial charge in [0.25, 0.3) is 5.91 Å². The summed E-state index contributed by atoms with van der Waals surface area (Å²) in [6.07, 6.45) is 3.62. The Bertz CT molecular complexity index is 1080. The van der Waals surface area contributed by atoms with Crippen molar-refractivity contribution in [3.8, 4) is 11.4 Å². The number of carbonyl (C=O) groups is 1. The second-order valence-corrected chi connectivity index (χ2v) is 6.27. The molecule has 136 valence electrons. The third kappa shape index (κ3) is 3.27. The smallest absolute Gasteiger partial charge is 0.275 e. The van der Waals surface area contributed by atoms with E-state index < -0.39 is 0 Å². The Kier molecular flexibility index (Phi) is 4.33. The number of hydrogen-bond donors (Lipinski definition) is 1. The molecule has 0 aliphatic rings. The lowest BCUT2D eigenvalue weighted by molar-refractivity contribution is 0.0781. The molecule has 0 aliphatic carbocycles. The van der Waals surface area contributed by atoms with Crippen LogP contribution in [0.2, 0.25) is 0 Å². The summed E-state index contributed by atoms with van der Waals surface area (Å²) in [4.78, 5) is 14.6. The number of nitrogens with one attached hydrogen (secondary N) is 1. The molecule has 0 unspecified atom stereocenters. The summed E-state index contributed by atoms with van der Waals surface area (Å²) in [5.74, 6) is 0.534. The van der Waals surface area contributed by atoms with Gasteiger partial charge in [0.05, 0.1) is 18.3 Å². The highest BCUT2D eigenvalue weighted by atomic mass is 16.5. The van der Waals surface area contributed by atoms with E-state index in [1.165, 1.54) is 0 Å². The predicted octanol–water partition coefficient (Wildman–Crippen LogP) is 3.03. The number of aromatic nitrogens is 4. The first kappa shape index (κ1) is 16.8. The van der Waals surface area contributed by atoms with Gasteiger partial charge < -0.3 is 9.64 Å². The molecular weight excluding hydrogens is 342 g/mol. The van der Waals surface area contributed by atoms with Gasteiger partial charge in [-0.2, -0.15) is 10.2 Å². The predicted molar refractivity (Wildman–Crippen MR) is 102 cm³/mol. The topological polar surface area (TPSA) is 76.0 Å². The summed E-state index contributed by atoms with van der Waals surface area (Å²) >= 11 is 0. The van der Waals surface area contributed by atoms with Crippen LogP contribution in [0.3, 0.4) is 0 Å². The first-order valence-corrected chi connectivity index (χ1v) is 8.52. The average Bonchev–Trinajstić information content (AvgIpc) is 3.37. The van der Waals surface area contributed by atoms with Crippen molar-refractivity contribution in [1.29, 1.82) is 0 Å². The fourth-order valence-corrected chi connectivity index (χ4v) is 3.03. The quantitative estimate of drug-likeness (QED) is 0.593. The number of hydrogen-bond acceptors (Lipinski definition) is 4. The van der Waals surface area contributed by atoms with Crippen LogP contribution in [0.4, 0.5) is 0 Å². The lowest BCUT2D eigenvalue weighted by Gasteiger charge is -2.17. The van der Waals surface area contributed by atoms with Crippen LogP contribution >= 0.6 is 0 Å². The molecule has 7 heteroatoms. The van der Waals surface area contributed by atoms with Crippen molar-refractivity contribution >= 4 is 16.8 Å². The van der Waals surface area contributed by atoms with Gasteiger partial charge in [0, 0.05) is 31.4 Å². The number of ether oxygens (including phenoxy) is 1. The number of methoxy groups -OCH3 is 1. The first-order valence-electron chi connectivity index (χ1n) is 8.52. The third-order valence-corrected chi connectivity index (χ3v) is 4.42. The van der Waals surface area contributed by atoms with E-state index in [2.05, 4.69) is 15.3 Å². The summed E-state index contributed by atoms with van der Waals surface area (Å²) in [6.45, 7) is 0.465. The maximum atomic E-state index is 12.9. The van der Waals surface area contributed by atoms with Crippen LogP contribution in [0, 0.1) is 0 Å². The van der Waals surface area contributed by atoms with Crippen molar-refractivity contribution in [2.75, 3.05) is 14.2 Å². The molecule has 0 bridgehead atoms. The largest absolute Gasteiger partial charge is 0.497 e. The van der Waals surface area contributed by atoms with E-state index in [1.54, 1.807) is 29.9 Å². The van der Waals surface area contributed by atoms with E-state index in [4.69, 9.17) is 4.74 Å². The van der Waals surface area contributed by atoms with Crippen molar-refractivity contribution in [2.45, 2.75) is 6.54 Å². The Morgan fingerprint density at radius 2 is 2.11 bits per heavy atom. The molecule has 7 nitrogen and oxygen atoms in total. The zero-order valence-electron chi connectivity index (χ0n) is 15.1. The van der Waals surface area contributed by atoms with Crippen LogP contribution in [0.15, 0.2) is 60.9 Å². The Morgan fingerprint density at radius 3 is 2.89 bits per heavy atom. The lowest BCUT2D eigenvalue weighted by Crippen LogP contribution is -2.26. The van der Waals surface area contributed by atoms with Gasteiger partial charge in [-0.05, 0) is 42.0 Å². The van der Waals surface area contributed by atoms with E-state index in [0.29, 0.717) is 18.0 Å². The summed E-state index contributed by atoms with van der Waals surface area (Å²) in [6, 6.07) is 15.3. The summed E-state index contributed by atoms with van der Waals surface area (Å²) in [7, 11) is 3.37. The second-order valence-electron chi connectivity index (χ2n) is 6.27. The van der Waals surface area contributed by atoms with E-state index in [-0.39, 0.29) is 5.91 Å². The minimum Gasteiger partial charge on any atom is -0.497 e. The van der Waals surface area contributed by atoms with Crippen molar-refractivity contribution in [3.63, 3.8) is 0 Å². The van der Waals surface area contributed by atoms with Crippen LogP contribution in [0.5, 0.6) is 5.75 Å². The molecule has 1 N–H and O–H groups in total. The summed E-state index contributed by atoms with van der Waals surface area (Å²) in [5, 5.41) is 12.1. The van der Waals surface area contributed by atoms with Gasteiger partial charge in [-0.1, -0.05) is 12.1 Å². The number of nitrogens with zero attached hydrogens (tertiary/aromatic N) is 4. The van der Waals surface area contributed by atoms with Gasteiger partial charge >= 0.3 is 0 Å². The number of rotatable bonds is 5. The van der Waals surface area contributed by atoms with Crippen molar-refractivity contribution < 1.29 is 9.53 Å². The summed E-state index contributed by atoms with van der Waals surface area (Å²) in [5.41, 5.74) is 3.15. The van der Waals surface area contributed by atoms with E-state index in [0.717, 1.165) is 22.2 Å². The lowest BCUT2D eigenvalue weighted by atomic mass is 10.1. The minimum absolute atomic E-state index is 0.154. The Balaban J connectivity index is 1.57. The number of amides is 1. The van der Waals surface area contributed by atoms with Crippen LogP contribution < -0.4 is 4.74 Å². The SMILES string of the molecule is COc1ccc2[nH]nc(C(=O)N(C)Cc3cccc(-n4cccn4)c3)c2c1. The molecule has 0 atom stereocenters. The van der Waals surface area contributed by atoms with Gasteiger partial charge in [0.1, 0.15) is 5.75 Å². The molecule has 27 heavy (non-hydrogen) atoms. The van der Waals surface area contributed by atoms with Gasteiger partial charge in [-0.3, -0.25) is 9.89 Å². The van der Waals surface area contributed by atoms with Crippen molar-refractivity contribution in [2.24, 2.45) is 0 Å². The number of carbonyl (C=O) groups excluding carboxylic acids is 1. The van der Waals surface area contributed by atoms with Gasteiger partial charge in [0.2, 0.25) is 0 Å². The Morgan fingerprint density at radius 1 is 1.22 bits per heavy atom. The zero-order valence-corrected chi connectivity index (χ0v) is 15.1. The van der Waals surface area contributed by atoms with Gasteiger partial charge in [-0.15, -0.1) is 0 Å². The molecule has 0 fully saturated rings. The highest BCUT2D eigenvalue weighted by Gasteiger charge is 2.19. The highest BCUT2D eigenvalue weighted by molar-refractivity contribution is 6.04. The molecule has 2 aromatic carbocycles. The molecule has 2 heterocycles. The molecule has 0 aliphatic heterocycles. The first-order chi connectivity index (χ1) is 13.2. The maximum absolute atomic E-state index is 12.9. The Hall–Kier alpha value is -3.61.